The highest BCUT2D eigenvalue weighted by atomic mass is 19.4. The van der Waals surface area contributed by atoms with E-state index in [-0.39, 0.29) is 5.69 Å². The standard InChI is InChI=1S/C9H7F4NO/c1-2-7(10)8-4-3-6(5-14-8)15-9(11,12)13/h2-5H,1H3/b7-2-. The molecule has 15 heavy (non-hydrogen) atoms. The van der Waals surface area contributed by atoms with Crippen molar-refractivity contribution in [3.63, 3.8) is 0 Å². The Kier molecular flexibility index (Phi) is 3.28. The molecule has 0 unspecified atom stereocenters. The van der Waals surface area contributed by atoms with Gasteiger partial charge in [-0.1, -0.05) is 0 Å². The zero-order valence-electron chi connectivity index (χ0n) is 7.68. The van der Waals surface area contributed by atoms with Crippen molar-refractivity contribution in [3.05, 3.63) is 30.1 Å². The Balaban J connectivity index is 2.82. The molecule has 0 fully saturated rings. The number of hydrogen-bond donors (Lipinski definition) is 0. The van der Waals surface area contributed by atoms with Crippen LogP contribution in [0.1, 0.15) is 12.6 Å². The molecule has 6 heteroatoms. The molecule has 0 aromatic carbocycles. The van der Waals surface area contributed by atoms with Gasteiger partial charge in [-0.25, -0.2) is 9.37 Å². The zero-order valence-corrected chi connectivity index (χ0v) is 7.68. The fourth-order valence-corrected chi connectivity index (χ4v) is 0.863. The summed E-state index contributed by atoms with van der Waals surface area (Å²) < 4.78 is 51.6. The van der Waals surface area contributed by atoms with Gasteiger partial charge in [0.1, 0.15) is 11.6 Å². The van der Waals surface area contributed by atoms with Crippen molar-refractivity contribution in [1.29, 1.82) is 0 Å². The molecule has 2 nitrogen and oxygen atoms in total. The Morgan fingerprint density at radius 3 is 2.47 bits per heavy atom. The Labute approximate surface area is 83.2 Å². The van der Waals surface area contributed by atoms with Crippen molar-refractivity contribution in [1.82, 2.24) is 4.98 Å². The lowest BCUT2D eigenvalue weighted by Crippen LogP contribution is -2.17. The summed E-state index contributed by atoms with van der Waals surface area (Å²) in [5.74, 6) is -1.08. The molecule has 1 aromatic rings. The third-order valence-corrected chi connectivity index (χ3v) is 1.47. The molecule has 1 aromatic heterocycles. The van der Waals surface area contributed by atoms with E-state index in [1.54, 1.807) is 0 Å². The normalized spacial score (nSPS) is 12.7. The quantitative estimate of drug-likeness (QED) is 0.714. The summed E-state index contributed by atoms with van der Waals surface area (Å²) in [5, 5.41) is 0. The Morgan fingerprint density at radius 2 is 2.07 bits per heavy atom. The third kappa shape index (κ3) is 3.57. The third-order valence-electron chi connectivity index (χ3n) is 1.47. The van der Waals surface area contributed by atoms with Gasteiger partial charge >= 0.3 is 6.36 Å². The SMILES string of the molecule is C/C=C(\F)c1ccc(OC(F)(F)F)cn1. The topological polar surface area (TPSA) is 22.1 Å². The number of rotatable bonds is 2. The van der Waals surface area contributed by atoms with Crippen LogP contribution in [0, 0.1) is 0 Å². The van der Waals surface area contributed by atoms with E-state index in [9.17, 15) is 17.6 Å². The van der Waals surface area contributed by atoms with Crippen LogP contribution in [0.5, 0.6) is 5.75 Å². The first-order valence-electron chi connectivity index (χ1n) is 3.96. The van der Waals surface area contributed by atoms with E-state index in [2.05, 4.69) is 9.72 Å². The summed E-state index contributed by atoms with van der Waals surface area (Å²) in [5.41, 5.74) is -0.0352. The van der Waals surface area contributed by atoms with Gasteiger partial charge in [-0.3, -0.25) is 0 Å². The maximum atomic E-state index is 12.9. The molecule has 1 rings (SSSR count). The Bertz CT molecular complexity index is 355. The molecule has 0 aliphatic heterocycles. The molecule has 0 amide bonds. The first-order valence-corrected chi connectivity index (χ1v) is 3.96. The van der Waals surface area contributed by atoms with Crippen LogP contribution in [0.25, 0.3) is 5.83 Å². The van der Waals surface area contributed by atoms with Gasteiger partial charge in [0.05, 0.1) is 11.9 Å². The second kappa shape index (κ2) is 4.29. The van der Waals surface area contributed by atoms with Crippen LogP contribution in [0.2, 0.25) is 0 Å². The summed E-state index contributed by atoms with van der Waals surface area (Å²) >= 11 is 0. The van der Waals surface area contributed by atoms with Crippen LogP contribution < -0.4 is 4.74 Å². The predicted octanol–water partition coefficient (Wildman–Crippen LogP) is 3.31. The van der Waals surface area contributed by atoms with E-state index < -0.39 is 17.9 Å². The fraction of sp³-hybridized carbons (Fsp3) is 0.222. The molecular formula is C9H7F4NO. The zero-order chi connectivity index (χ0) is 11.5. The smallest absolute Gasteiger partial charge is 0.404 e. The monoisotopic (exact) mass is 221 g/mol. The molecule has 1 heterocycles. The predicted molar refractivity (Wildman–Crippen MR) is 45.7 cm³/mol. The lowest BCUT2D eigenvalue weighted by Gasteiger charge is -2.08. The number of nitrogens with zero attached hydrogens (tertiary/aromatic N) is 1. The molecule has 0 N–H and O–H groups in total. The minimum atomic E-state index is -4.76. The van der Waals surface area contributed by atoms with Gasteiger partial charge in [-0.2, -0.15) is 0 Å². The van der Waals surface area contributed by atoms with Crippen LogP contribution in [-0.2, 0) is 0 Å². The summed E-state index contributed by atoms with van der Waals surface area (Å²) in [6.07, 6.45) is -2.79. The number of alkyl halides is 3. The molecular weight excluding hydrogens is 214 g/mol. The number of aromatic nitrogens is 1. The minimum absolute atomic E-state index is 0.0352. The highest BCUT2D eigenvalue weighted by molar-refractivity contribution is 5.54. The average Bonchev–Trinajstić information content (AvgIpc) is 2.15. The van der Waals surface area contributed by atoms with Crippen molar-refractivity contribution in [2.45, 2.75) is 13.3 Å². The number of halogens is 4. The number of ether oxygens (including phenoxy) is 1. The summed E-state index contributed by atoms with van der Waals surface area (Å²) in [6.45, 7) is 1.46. The second-order valence-corrected chi connectivity index (χ2v) is 2.56. The molecule has 0 spiro atoms. The number of allylic oxidation sites excluding steroid dienone is 1. The molecule has 0 aliphatic carbocycles. The van der Waals surface area contributed by atoms with Gasteiger partial charge in [0.25, 0.3) is 0 Å². The number of hydrogen-bond acceptors (Lipinski definition) is 2. The minimum Gasteiger partial charge on any atom is -0.404 e. The Morgan fingerprint density at radius 1 is 1.40 bits per heavy atom. The van der Waals surface area contributed by atoms with Gasteiger partial charge in [0.15, 0.2) is 0 Å². The van der Waals surface area contributed by atoms with Crippen molar-refractivity contribution in [3.8, 4) is 5.75 Å². The summed E-state index contributed by atoms with van der Waals surface area (Å²) in [6, 6.07) is 2.11. The van der Waals surface area contributed by atoms with Crippen molar-refractivity contribution in [2.24, 2.45) is 0 Å². The maximum Gasteiger partial charge on any atom is 0.573 e. The molecule has 82 valence electrons. The van der Waals surface area contributed by atoms with Crippen molar-refractivity contribution in [2.75, 3.05) is 0 Å². The molecule has 0 saturated carbocycles. The maximum absolute atomic E-state index is 12.9. The van der Waals surface area contributed by atoms with Crippen molar-refractivity contribution >= 4 is 5.83 Å². The van der Waals surface area contributed by atoms with Gasteiger partial charge in [0.2, 0.25) is 0 Å². The second-order valence-electron chi connectivity index (χ2n) is 2.56. The van der Waals surface area contributed by atoms with E-state index in [0.29, 0.717) is 0 Å². The summed E-state index contributed by atoms with van der Waals surface area (Å²) in [7, 11) is 0. The summed E-state index contributed by atoms with van der Waals surface area (Å²) in [4.78, 5) is 3.47. The average molecular weight is 221 g/mol. The van der Waals surface area contributed by atoms with E-state index >= 15 is 0 Å². The van der Waals surface area contributed by atoms with Crippen LogP contribution in [-0.4, -0.2) is 11.3 Å². The van der Waals surface area contributed by atoms with Crippen LogP contribution in [0.3, 0.4) is 0 Å². The molecule has 0 aliphatic rings. The largest absolute Gasteiger partial charge is 0.573 e. The highest BCUT2D eigenvalue weighted by Gasteiger charge is 2.31. The van der Waals surface area contributed by atoms with E-state index in [1.165, 1.54) is 6.92 Å². The van der Waals surface area contributed by atoms with Gasteiger partial charge in [-0.05, 0) is 25.1 Å². The van der Waals surface area contributed by atoms with Gasteiger partial charge < -0.3 is 4.74 Å². The van der Waals surface area contributed by atoms with Crippen LogP contribution >= 0.6 is 0 Å². The van der Waals surface area contributed by atoms with Gasteiger partial charge in [0, 0.05) is 0 Å². The van der Waals surface area contributed by atoms with Gasteiger partial charge in [-0.15, -0.1) is 13.2 Å². The van der Waals surface area contributed by atoms with E-state index in [0.717, 1.165) is 24.4 Å². The van der Waals surface area contributed by atoms with Crippen molar-refractivity contribution < 1.29 is 22.3 Å². The Hall–Kier alpha value is -1.59. The van der Waals surface area contributed by atoms with Crippen LogP contribution in [0.15, 0.2) is 24.4 Å². The molecule has 0 atom stereocenters. The molecule has 0 radical (unpaired) electrons. The first-order chi connectivity index (χ1) is 6.92. The lowest BCUT2D eigenvalue weighted by molar-refractivity contribution is -0.274. The van der Waals surface area contributed by atoms with E-state index in [4.69, 9.17) is 0 Å². The molecule has 0 saturated heterocycles. The van der Waals surface area contributed by atoms with Crippen LogP contribution in [0.4, 0.5) is 17.6 Å². The van der Waals surface area contributed by atoms with E-state index in [1.807, 2.05) is 0 Å². The fourth-order valence-electron chi connectivity index (χ4n) is 0.863. The first kappa shape index (κ1) is 11.5. The lowest BCUT2D eigenvalue weighted by atomic mass is 10.3. The molecule has 0 bridgehead atoms. The highest BCUT2D eigenvalue weighted by Crippen LogP contribution is 2.23. The number of pyridine rings is 1.